The molecule has 21 heavy (non-hydrogen) atoms. The molecule has 1 aromatic rings. The van der Waals surface area contributed by atoms with E-state index in [0.29, 0.717) is 43.3 Å². The van der Waals surface area contributed by atoms with Gasteiger partial charge >= 0.3 is 6.03 Å². The van der Waals surface area contributed by atoms with Crippen LogP contribution in [0.3, 0.4) is 0 Å². The van der Waals surface area contributed by atoms with E-state index in [1.807, 2.05) is 6.92 Å². The Morgan fingerprint density at radius 1 is 1.19 bits per heavy atom. The Bertz CT molecular complexity index is 513. The van der Waals surface area contributed by atoms with Crippen molar-refractivity contribution in [3.05, 3.63) is 34.9 Å². The molecule has 1 aliphatic heterocycles. The summed E-state index contributed by atoms with van der Waals surface area (Å²) in [5.74, 6) is -0.0360. The number of carbonyl (C=O) groups excluding carboxylic acids is 2. The maximum Gasteiger partial charge on any atom is 0.317 e. The summed E-state index contributed by atoms with van der Waals surface area (Å²) in [6.07, 6.45) is 0.916. The number of nitrogens with one attached hydrogen (secondary N) is 1. The molecule has 2 rings (SSSR count). The summed E-state index contributed by atoms with van der Waals surface area (Å²) in [4.78, 5) is 27.7. The number of hydrogen-bond donors (Lipinski definition) is 1. The largest absolute Gasteiger partial charge is 0.338 e. The second-order valence-corrected chi connectivity index (χ2v) is 5.46. The number of halogens is 1. The Hall–Kier alpha value is -1.75. The van der Waals surface area contributed by atoms with Crippen LogP contribution in [-0.2, 0) is 0 Å². The fourth-order valence-electron chi connectivity index (χ4n) is 2.26. The molecule has 114 valence electrons. The van der Waals surface area contributed by atoms with Gasteiger partial charge in [-0.2, -0.15) is 0 Å². The second kappa shape index (κ2) is 7.31. The number of amides is 3. The second-order valence-electron chi connectivity index (χ2n) is 5.02. The number of hydrogen-bond acceptors (Lipinski definition) is 2. The van der Waals surface area contributed by atoms with Crippen LogP contribution in [0.1, 0.15) is 23.7 Å². The van der Waals surface area contributed by atoms with Gasteiger partial charge in [-0.05, 0) is 24.6 Å². The molecule has 1 heterocycles. The minimum atomic E-state index is -0.0493. The molecular formula is C15H20ClN3O2. The molecule has 1 fully saturated rings. The molecule has 1 saturated heterocycles. The fourth-order valence-corrected chi connectivity index (χ4v) is 2.45. The van der Waals surface area contributed by atoms with Crippen LogP contribution in [0.25, 0.3) is 0 Å². The molecule has 0 bridgehead atoms. The molecule has 3 amide bonds. The van der Waals surface area contributed by atoms with Crippen LogP contribution < -0.4 is 5.32 Å². The molecule has 1 aromatic carbocycles. The quantitative estimate of drug-likeness (QED) is 0.931. The lowest BCUT2D eigenvalue weighted by Gasteiger charge is -2.34. The predicted molar refractivity (Wildman–Crippen MR) is 82.6 cm³/mol. The number of nitrogens with zero attached hydrogens (tertiary/aromatic N) is 2. The van der Waals surface area contributed by atoms with Gasteiger partial charge in [0.05, 0.1) is 0 Å². The average Bonchev–Trinajstić information content (AvgIpc) is 2.52. The molecule has 1 N–H and O–H groups in total. The Labute approximate surface area is 129 Å². The summed E-state index contributed by atoms with van der Waals surface area (Å²) in [7, 11) is 0. The van der Waals surface area contributed by atoms with Gasteiger partial charge in [0.15, 0.2) is 0 Å². The first-order valence-corrected chi connectivity index (χ1v) is 7.57. The Morgan fingerprint density at radius 3 is 2.48 bits per heavy atom. The first-order valence-electron chi connectivity index (χ1n) is 7.19. The molecule has 0 spiro atoms. The number of rotatable bonds is 3. The smallest absolute Gasteiger partial charge is 0.317 e. The maximum atomic E-state index is 12.3. The van der Waals surface area contributed by atoms with E-state index in [1.165, 1.54) is 0 Å². The number of carbonyl (C=O) groups is 2. The molecule has 0 unspecified atom stereocenters. The number of urea groups is 1. The predicted octanol–water partition coefficient (Wildman–Crippen LogP) is 2.22. The van der Waals surface area contributed by atoms with Crippen molar-refractivity contribution in [2.24, 2.45) is 0 Å². The molecule has 1 aliphatic rings. The van der Waals surface area contributed by atoms with Crippen molar-refractivity contribution in [3.8, 4) is 0 Å². The zero-order valence-corrected chi connectivity index (χ0v) is 12.9. The van der Waals surface area contributed by atoms with E-state index in [9.17, 15) is 9.59 Å². The third-order valence-electron chi connectivity index (χ3n) is 3.45. The minimum absolute atomic E-state index is 0.0360. The van der Waals surface area contributed by atoms with E-state index in [1.54, 1.807) is 34.1 Å². The highest BCUT2D eigenvalue weighted by Crippen LogP contribution is 2.14. The highest BCUT2D eigenvalue weighted by Gasteiger charge is 2.24. The summed E-state index contributed by atoms with van der Waals surface area (Å²) in [6.45, 7) is 4.90. The number of piperazine rings is 1. The summed E-state index contributed by atoms with van der Waals surface area (Å²) in [6, 6.07) is 6.89. The molecule has 0 aliphatic carbocycles. The van der Waals surface area contributed by atoms with Crippen LogP contribution in [-0.4, -0.2) is 54.5 Å². The van der Waals surface area contributed by atoms with Crippen molar-refractivity contribution in [2.75, 3.05) is 32.7 Å². The molecule has 0 atom stereocenters. The molecule has 6 heteroatoms. The zero-order chi connectivity index (χ0) is 15.2. The van der Waals surface area contributed by atoms with Gasteiger partial charge in [0.2, 0.25) is 0 Å². The van der Waals surface area contributed by atoms with Crippen molar-refractivity contribution in [2.45, 2.75) is 13.3 Å². The standard InChI is InChI=1S/C15H20ClN3O2/c1-2-6-17-15(21)19-9-7-18(8-10-19)14(20)12-4-3-5-13(16)11-12/h3-5,11H,2,6-10H2,1H3,(H,17,21). The van der Waals surface area contributed by atoms with Crippen LogP contribution in [0, 0.1) is 0 Å². The molecule has 0 radical (unpaired) electrons. The van der Waals surface area contributed by atoms with E-state index in [0.717, 1.165) is 6.42 Å². The number of benzene rings is 1. The molecule has 0 saturated carbocycles. The van der Waals surface area contributed by atoms with Gasteiger partial charge in [-0.3, -0.25) is 4.79 Å². The lowest BCUT2D eigenvalue weighted by Crippen LogP contribution is -2.53. The van der Waals surface area contributed by atoms with Crippen LogP contribution in [0.15, 0.2) is 24.3 Å². The SMILES string of the molecule is CCCNC(=O)N1CCN(C(=O)c2cccc(Cl)c2)CC1. The maximum absolute atomic E-state index is 12.3. The molecule has 0 aromatic heterocycles. The zero-order valence-electron chi connectivity index (χ0n) is 12.1. The lowest BCUT2D eigenvalue weighted by atomic mass is 10.2. The van der Waals surface area contributed by atoms with Crippen LogP contribution in [0.4, 0.5) is 4.79 Å². The summed E-state index contributed by atoms with van der Waals surface area (Å²) in [5, 5.41) is 3.41. The van der Waals surface area contributed by atoms with Gasteiger partial charge in [0.1, 0.15) is 0 Å². The third-order valence-corrected chi connectivity index (χ3v) is 3.69. The van der Waals surface area contributed by atoms with Crippen molar-refractivity contribution in [3.63, 3.8) is 0 Å². The molecule has 5 nitrogen and oxygen atoms in total. The normalized spacial score (nSPS) is 15.0. The van der Waals surface area contributed by atoms with E-state index in [-0.39, 0.29) is 11.9 Å². The van der Waals surface area contributed by atoms with Crippen LogP contribution >= 0.6 is 11.6 Å². The highest BCUT2D eigenvalue weighted by atomic mass is 35.5. The van der Waals surface area contributed by atoms with Crippen LogP contribution in [0.2, 0.25) is 5.02 Å². The Balaban J connectivity index is 1.89. The monoisotopic (exact) mass is 309 g/mol. The topological polar surface area (TPSA) is 52.7 Å². The van der Waals surface area contributed by atoms with E-state index in [2.05, 4.69) is 5.32 Å². The van der Waals surface area contributed by atoms with Gasteiger partial charge in [-0.1, -0.05) is 24.6 Å². The Morgan fingerprint density at radius 2 is 1.86 bits per heavy atom. The third kappa shape index (κ3) is 4.11. The van der Waals surface area contributed by atoms with E-state index in [4.69, 9.17) is 11.6 Å². The van der Waals surface area contributed by atoms with Gasteiger partial charge in [-0.25, -0.2) is 4.79 Å². The lowest BCUT2D eigenvalue weighted by molar-refractivity contribution is 0.0665. The van der Waals surface area contributed by atoms with Gasteiger partial charge in [0, 0.05) is 43.3 Å². The van der Waals surface area contributed by atoms with Gasteiger partial charge in [0.25, 0.3) is 5.91 Å². The Kier molecular flexibility index (Phi) is 5.44. The van der Waals surface area contributed by atoms with Crippen molar-refractivity contribution >= 4 is 23.5 Å². The van der Waals surface area contributed by atoms with Crippen molar-refractivity contribution < 1.29 is 9.59 Å². The van der Waals surface area contributed by atoms with Gasteiger partial charge in [-0.15, -0.1) is 0 Å². The van der Waals surface area contributed by atoms with Crippen molar-refractivity contribution in [1.82, 2.24) is 15.1 Å². The van der Waals surface area contributed by atoms with Crippen molar-refractivity contribution in [1.29, 1.82) is 0 Å². The average molecular weight is 310 g/mol. The van der Waals surface area contributed by atoms with Crippen LogP contribution in [0.5, 0.6) is 0 Å². The van der Waals surface area contributed by atoms with E-state index < -0.39 is 0 Å². The summed E-state index contributed by atoms with van der Waals surface area (Å²) >= 11 is 5.91. The fraction of sp³-hybridized carbons (Fsp3) is 0.467. The highest BCUT2D eigenvalue weighted by molar-refractivity contribution is 6.30. The summed E-state index contributed by atoms with van der Waals surface area (Å²) in [5.41, 5.74) is 0.589. The first kappa shape index (κ1) is 15.6. The summed E-state index contributed by atoms with van der Waals surface area (Å²) < 4.78 is 0. The van der Waals surface area contributed by atoms with Gasteiger partial charge < -0.3 is 15.1 Å². The van der Waals surface area contributed by atoms with E-state index >= 15 is 0 Å². The first-order chi connectivity index (χ1) is 10.1. The molecular weight excluding hydrogens is 290 g/mol. The minimum Gasteiger partial charge on any atom is -0.338 e.